The van der Waals surface area contributed by atoms with Gasteiger partial charge in [0.2, 0.25) is 0 Å². The summed E-state index contributed by atoms with van der Waals surface area (Å²) in [7, 11) is 0. The van der Waals surface area contributed by atoms with Crippen LogP contribution in [0.5, 0.6) is 0 Å². The zero-order chi connectivity index (χ0) is 33.8. The summed E-state index contributed by atoms with van der Waals surface area (Å²) in [5.41, 5.74) is -0.544. The second-order valence-corrected chi connectivity index (χ2v) is 17.5. The summed E-state index contributed by atoms with van der Waals surface area (Å²) in [6.07, 6.45) is -0.612. The van der Waals surface area contributed by atoms with Crippen molar-refractivity contribution < 1.29 is 50.3 Å². The van der Waals surface area contributed by atoms with Gasteiger partial charge >= 0.3 is 0 Å². The second kappa shape index (κ2) is 11.7. The topological polar surface area (TPSA) is 180 Å². The van der Waals surface area contributed by atoms with E-state index in [1.807, 2.05) is 6.92 Å². The molecule has 0 radical (unpaired) electrons. The third-order valence-corrected chi connectivity index (χ3v) is 15.3. The molecular formula is C36H60O10. The van der Waals surface area contributed by atoms with Crippen LogP contribution in [0.25, 0.3) is 0 Å². The lowest BCUT2D eigenvalue weighted by Gasteiger charge is -2.65. The van der Waals surface area contributed by atoms with E-state index in [-0.39, 0.29) is 46.0 Å². The maximum atomic E-state index is 12.2. The summed E-state index contributed by atoms with van der Waals surface area (Å²) < 4.78 is 11.1. The average Bonchev–Trinajstić information content (AvgIpc) is 3.61. The molecule has 1 aliphatic heterocycles. The van der Waals surface area contributed by atoms with Crippen LogP contribution in [0.4, 0.5) is 0 Å². The Morgan fingerprint density at radius 2 is 1.57 bits per heavy atom. The summed E-state index contributed by atoms with van der Waals surface area (Å²) in [5, 5.41) is 86.1. The van der Waals surface area contributed by atoms with E-state index in [0.717, 1.165) is 37.7 Å². The van der Waals surface area contributed by atoms with Gasteiger partial charge in [0.25, 0.3) is 0 Å². The Morgan fingerprint density at radius 1 is 0.891 bits per heavy atom. The molecule has 17 unspecified atom stereocenters. The van der Waals surface area contributed by atoms with Gasteiger partial charge in [-0.15, -0.1) is 0 Å². The van der Waals surface area contributed by atoms with E-state index in [1.54, 1.807) is 0 Å². The minimum absolute atomic E-state index is 0.0779. The number of hydrogen-bond acceptors (Lipinski definition) is 10. The predicted molar refractivity (Wildman–Crippen MR) is 169 cm³/mol. The van der Waals surface area contributed by atoms with Gasteiger partial charge in [0.15, 0.2) is 6.29 Å². The van der Waals surface area contributed by atoms with Crippen LogP contribution in [-0.4, -0.2) is 109 Å². The van der Waals surface area contributed by atoms with Crippen molar-refractivity contribution in [1.29, 1.82) is 0 Å². The van der Waals surface area contributed by atoms with Crippen LogP contribution in [0.3, 0.4) is 0 Å². The summed E-state index contributed by atoms with van der Waals surface area (Å²) in [6, 6.07) is 0. The lowest BCUT2D eigenvalue weighted by Crippen LogP contribution is -2.64. The molecule has 46 heavy (non-hydrogen) atoms. The van der Waals surface area contributed by atoms with Crippen molar-refractivity contribution in [3.63, 3.8) is 0 Å². The minimum Gasteiger partial charge on any atom is -0.394 e. The number of ether oxygens (including phenoxy) is 2. The van der Waals surface area contributed by atoms with E-state index < -0.39 is 67.1 Å². The van der Waals surface area contributed by atoms with Crippen LogP contribution in [0.2, 0.25) is 0 Å². The van der Waals surface area contributed by atoms with Crippen LogP contribution in [0, 0.1) is 50.7 Å². The predicted octanol–water partition coefficient (Wildman–Crippen LogP) is 1.88. The first kappa shape index (κ1) is 35.2. The SMILES string of the molecule is CC(=CCCC(C)C1C(O)CC2(C)C3CCC4C(C)(C)C(O)CC(O)C45CC35CC(O)C12C)COC1OC(CO)C(O)C(O)C1O. The number of allylic oxidation sites excluding steroid dienone is 1. The van der Waals surface area contributed by atoms with E-state index in [2.05, 4.69) is 40.7 Å². The molecule has 6 aliphatic rings. The van der Waals surface area contributed by atoms with Crippen LogP contribution < -0.4 is 0 Å². The van der Waals surface area contributed by atoms with E-state index >= 15 is 0 Å². The Balaban J connectivity index is 1.13. The van der Waals surface area contributed by atoms with Gasteiger partial charge in [0.05, 0.1) is 37.6 Å². The molecular weight excluding hydrogens is 592 g/mol. The largest absolute Gasteiger partial charge is 0.394 e. The molecule has 5 aliphatic carbocycles. The summed E-state index contributed by atoms with van der Waals surface area (Å²) in [5.74, 6) is 0.584. The van der Waals surface area contributed by atoms with E-state index in [1.165, 1.54) is 0 Å². The molecule has 1 heterocycles. The summed E-state index contributed by atoms with van der Waals surface area (Å²) in [4.78, 5) is 0. The number of aliphatic hydroxyl groups is 8. The van der Waals surface area contributed by atoms with Crippen molar-refractivity contribution in [2.24, 2.45) is 50.7 Å². The zero-order valence-electron chi connectivity index (χ0n) is 28.5. The quantitative estimate of drug-likeness (QED) is 0.181. The first-order valence-electron chi connectivity index (χ1n) is 17.7. The Morgan fingerprint density at radius 3 is 2.24 bits per heavy atom. The fraction of sp³-hybridized carbons (Fsp3) is 0.944. The number of hydrogen-bond donors (Lipinski definition) is 8. The summed E-state index contributed by atoms with van der Waals surface area (Å²) >= 11 is 0. The molecule has 1 saturated heterocycles. The molecule has 0 aromatic heterocycles. The van der Waals surface area contributed by atoms with Crippen molar-refractivity contribution in [3.8, 4) is 0 Å². The van der Waals surface area contributed by atoms with Gasteiger partial charge in [0.1, 0.15) is 24.4 Å². The zero-order valence-corrected chi connectivity index (χ0v) is 28.5. The molecule has 2 spiro atoms. The Bertz CT molecular complexity index is 1180. The van der Waals surface area contributed by atoms with Gasteiger partial charge in [-0.05, 0) is 91.8 Å². The van der Waals surface area contributed by atoms with Crippen molar-refractivity contribution >= 4 is 0 Å². The molecule has 0 amide bonds. The highest BCUT2D eigenvalue weighted by Gasteiger charge is 2.86. The molecule has 10 nitrogen and oxygen atoms in total. The maximum absolute atomic E-state index is 12.2. The highest BCUT2D eigenvalue weighted by Crippen LogP contribution is 2.88. The monoisotopic (exact) mass is 652 g/mol. The van der Waals surface area contributed by atoms with Crippen molar-refractivity contribution in [2.75, 3.05) is 13.2 Å². The molecule has 0 aromatic rings. The highest BCUT2D eigenvalue weighted by molar-refractivity contribution is 5.34. The van der Waals surface area contributed by atoms with E-state index in [4.69, 9.17) is 9.47 Å². The third kappa shape index (κ3) is 4.64. The first-order chi connectivity index (χ1) is 21.4. The molecule has 5 saturated carbocycles. The number of fused-ring (bicyclic) bond motifs is 2. The lowest BCUT2D eigenvalue weighted by atomic mass is 9.40. The van der Waals surface area contributed by atoms with Crippen LogP contribution in [0.1, 0.15) is 92.9 Å². The van der Waals surface area contributed by atoms with Crippen LogP contribution in [0.15, 0.2) is 11.6 Å². The highest BCUT2D eigenvalue weighted by atomic mass is 16.7. The van der Waals surface area contributed by atoms with Crippen molar-refractivity contribution in [3.05, 3.63) is 11.6 Å². The third-order valence-electron chi connectivity index (χ3n) is 15.3. The molecule has 10 heteroatoms. The molecule has 264 valence electrons. The van der Waals surface area contributed by atoms with Gasteiger partial charge in [-0.1, -0.05) is 46.3 Å². The standard InChI is InChI=1S/C36H60O10/c1-18(16-45-31-30(44)29(43)28(42)21(15-37)46-31)8-7-9-19(2)27-20(38)13-33(5)23-11-10-22-32(3,4)24(39)12-25(40)36(22)17-35(23,36)14-26(41)34(27,33)6/h8,19-31,37-44H,7,9-17H2,1-6H3. The number of aliphatic hydroxyl groups excluding tert-OH is 8. The first-order valence-corrected chi connectivity index (χ1v) is 17.7. The maximum Gasteiger partial charge on any atom is 0.187 e. The molecule has 6 rings (SSSR count). The number of rotatable bonds is 8. The smallest absolute Gasteiger partial charge is 0.187 e. The van der Waals surface area contributed by atoms with E-state index in [0.29, 0.717) is 25.2 Å². The summed E-state index contributed by atoms with van der Waals surface area (Å²) in [6.45, 7) is 12.5. The van der Waals surface area contributed by atoms with Crippen molar-refractivity contribution in [2.45, 2.75) is 148 Å². The fourth-order valence-electron chi connectivity index (χ4n) is 12.7. The Hall–Kier alpha value is -0.660. The Labute approximate surface area is 273 Å². The molecule has 8 N–H and O–H groups in total. The minimum atomic E-state index is -1.48. The normalized spacial score (nSPS) is 55.1. The fourth-order valence-corrected chi connectivity index (χ4v) is 12.7. The average molecular weight is 653 g/mol. The van der Waals surface area contributed by atoms with E-state index in [9.17, 15) is 40.9 Å². The second-order valence-electron chi connectivity index (χ2n) is 17.5. The van der Waals surface area contributed by atoms with Gasteiger partial charge in [-0.2, -0.15) is 0 Å². The van der Waals surface area contributed by atoms with Crippen LogP contribution >= 0.6 is 0 Å². The Kier molecular flexibility index (Phi) is 8.95. The van der Waals surface area contributed by atoms with Gasteiger partial charge in [0, 0.05) is 17.3 Å². The molecule has 0 bridgehead atoms. The lowest BCUT2D eigenvalue weighted by molar-refractivity contribution is -0.299. The molecule has 0 aromatic carbocycles. The molecule has 17 atom stereocenters. The van der Waals surface area contributed by atoms with Gasteiger partial charge < -0.3 is 50.3 Å². The van der Waals surface area contributed by atoms with Crippen LogP contribution in [-0.2, 0) is 9.47 Å². The van der Waals surface area contributed by atoms with Crippen molar-refractivity contribution in [1.82, 2.24) is 0 Å². The van der Waals surface area contributed by atoms with Gasteiger partial charge in [-0.25, -0.2) is 0 Å². The van der Waals surface area contributed by atoms with Gasteiger partial charge in [-0.3, -0.25) is 0 Å². The molecule has 6 fully saturated rings.